The summed E-state index contributed by atoms with van der Waals surface area (Å²) in [6.07, 6.45) is 0. The van der Waals surface area contributed by atoms with Crippen molar-refractivity contribution in [2.75, 3.05) is 20.3 Å². The van der Waals surface area contributed by atoms with E-state index in [0.29, 0.717) is 12.5 Å². The lowest BCUT2D eigenvalue weighted by Crippen LogP contribution is -2.32. The molecule has 0 spiro atoms. The minimum atomic E-state index is -0.440. The Morgan fingerprint density at radius 3 is 2.40 bits per heavy atom. The predicted octanol–water partition coefficient (Wildman–Crippen LogP) is 3.27. The summed E-state index contributed by atoms with van der Waals surface area (Å²) >= 11 is 0. The smallest absolute Gasteiger partial charge is 0.313 e. The van der Waals surface area contributed by atoms with Gasteiger partial charge in [0.15, 0.2) is 6.61 Å². The molecule has 0 heterocycles. The molecule has 5 heteroatoms. The number of hydrogen-bond acceptors (Lipinski definition) is 4. The van der Waals surface area contributed by atoms with Crippen LogP contribution >= 0.6 is 0 Å². The minimum absolute atomic E-state index is 0.249. The summed E-state index contributed by atoms with van der Waals surface area (Å²) < 4.78 is 10.3. The molecule has 0 aliphatic rings. The molecule has 134 valence electrons. The fourth-order valence-electron chi connectivity index (χ4n) is 2.41. The van der Waals surface area contributed by atoms with Crippen molar-refractivity contribution in [1.82, 2.24) is 5.32 Å². The largest absolute Gasteiger partial charge is 0.497 e. The van der Waals surface area contributed by atoms with Gasteiger partial charge in [-0.05, 0) is 41.3 Å². The lowest BCUT2D eigenvalue weighted by molar-refractivity contribution is -0.149. The summed E-state index contributed by atoms with van der Waals surface area (Å²) in [5.74, 6) is 0.0201. The van der Waals surface area contributed by atoms with Gasteiger partial charge >= 0.3 is 5.97 Å². The molecule has 25 heavy (non-hydrogen) atoms. The number of hydrogen-bond donors (Lipinski definition) is 1. The van der Waals surface area contributed by atoms with Crippen LogP contribution in [0.15, 0.2) is 36.4 Å². The molecule has 2 aromatic carbocycles. The fourth-order valence-corrected chi connectivity index (χ4v) is 2.41. The van der Waals surface area contributed by atoms with Crippen molar-refractivity contribution in [2.45, 2.75) is 26.7 Å². The Bertz CT molecular complexity index is 754. The number of fused-ring (bicyclic) bond motifs is 1. The normalized spacial score (nSPS) is 12.0. The van der Waals surface area contributed by atoms with Crippen LogP contribution < -0.4 is 10.1 Å². The average molecular weight is 343 g/mol. The highest BCUT2D eigenvalue weighted by atomic mass is 16.5. The second-order valence-corrected chi connectivity index (χ2v) is 6.50. The molecule has 0 fully saturated rings. The van der Waals surface area contributed by atoms with Crippen LogP contribution in [0.5, 0.6) is 5.75 Å². The number of benzene rings is 2. The molecule has 0 radical (unpaired) electrons. The first-order valence-corrected chi connectivity index (χ1v) is 8.41. The second-order valence-electron chi connectivity index (χ2n) is 6.50. The number of carbonyl (C=O) groups excluding carboxylic acids is 2. The quantitative estimate of drug-likeness (QED) is 0.784. The van der Waals surface area contributed by atoms with Crippen molar-refractivity contribution < 1.29 is 19.1 Å². The molecule has 2 rings (SSSR count). The summed E-state index contributed by atoms with van der Waals surface area (Å²) in [6.45, 7) is 6.10. The molecular weight excluding hydrogens is 318 g/mol. The van der Waals surface area contributed by atoms with E-state index in [1.54, 1.807) is 14.0 Å². The van der Waals surface area contributed by atoms with Crippen LogP contribution in [0, 0.1) is 5.92 Å². The second kappa shape index (κ2) is 8.51. The van der Waals surface area contributed by atoms with Gasteiger partial charge < -0.3 is 14.8 Å². The fraction of sp³-hybridized carbons (Fsp3) is 0.400. The van der Waals surface area contributed by atoms with Crippen molar-refractivity contribution >= 4 is 22.6 Å². The van der Waals surface area contributed by atoms with E-state index in [0.717, 1.165) is 22.1 Å². The molecule has 0 saturated carbocycles. The maximum Gasteiger partial charge on any atom is 0.313 e. The number of amides is 1. The van der Waals surface area contributed by atoms with Crippen molar-refractivity contribution in [3.8, 4) is 5.75 Å². The first-order chi connectivity index (χ1) is 11.9. The van der Waals surface area contributed by atoms with Crippen molar-refractivity contribution in [1.29, 1.82) is 0 Å². The van der Waals surface area contributed by atoms with Gasteiger partial charge in [0.05, 0.1) is 13.0 Å². The number of methoxy groups -OCH3 is 1. The van der Waals surface area contributed by atoms with E-state index in [-0.39, 0.29) is 12.5 Å². The minimum Gasteiger partial charge on any atom is -0.497 e. The van der Waals surface area contributed by atoms with E-state index in [4.69, 9.17) is 9.47 Å². The molecule has 0 aromatic heterocycles. The van der Waals surface area contributed by atoms with Crippen molar-refractivity contribution in [3.63, 3.8) is 0 Å². The summed E-state index contributed by atoms with van der Waals surface area (Å²) in [5.41, 5.74) is 0.852. The predicted molar refractivity (Wildman–Crippen MR) is 97.7 cm³/mol. The standard InChI is InChI=1S/C20H25NO4/c1-13(2)11-21-19(22)12-25-20(23)14(3)15-5-6-17-10-18(24-4)8-7-16(17)9-15/h5-10,13-14H,11-12H2,1-4H3,(H,21,22)/t14-/m0/s1. The van der Waals surface area contributed by atoms with Gasteiger partial charge in [-0.15, -0.1) is 0 Å². The van der Waals surface area contributed by atoms with E-state index in [1.807, 2.05) is 50.2 Å². The third-order valence-electron chi connectivity index (χ3n) is 3.98. The average Bonchev–Trinajstić information content (AvgIpc) is 2.62. The maximum absolute atomic E-state index is 12.2. The van der Waals surface area contributed by atoms with Gasteiger partial charge in [0.2, 0.25) is 0 Å². The van der Waals surface area contributed by atoms with Crippen LogP contribution in [0.2, 0.25) is 0 Å². The molecule has 0 aliphatic carbocycles. The van der Waals surface area contributed by atoms with Gasteiger partial charge in [-0.3, -0.25) is 9.59 Å². The van der Waals surface area contributed by atoms with Gasteiger partial charge in [0.1, 0.15) is 5.75 Å². The number of carbonyl (C=O) groups is 2. The SMILES string of the molecule is COc1ccc2cc([C@H](C)C(=O)OCC(=O)NCC(C)C)ccc2c1. The van der Waals surface area contributed by atoms with Crippen LogP contribution in [0.25, 0.3) is 10.8 Å². The Hall–Kier alpha value is -2.56. The van der Waals surface area contributed by atoms with Gasteiger partial charge in [-0.2, -0.15) is 0 Å². The highest BCUT2D eigenvalue weighted by Gasteiger charge is 2.18. The highest BCUT2D eigenvalue weighted by Crippen LogP contribution is 2.25. The summed E-state index contributed by atoms with van der Waals surface area (Å²) in [6, 6.07) is 11.6. The Morgan fingerprint density at radius 1 is 1.04 bits per heavy atom. The first kappa shape index (κ1) is 18.8. The van der Waals surface area contributed by atoms with Gasteiger partial charge in [-0.25, -0.2) is 0 Å². The van der Waals surface area contributed by atoms with Crippen molar-refractivity contribution in [3.05, 3.63) is 42.0 Å². The van der Waals surface area contributed by atoms with Crippen molar-refractivity contribution in [2.24, 2.45) is 5.92 Å². The van der Waals surface area contributed by atoms with Crippen LogP contribution in [0.3, 0.4) is 0 Å². The molecule has 0 saturated heterocycles. The summed E-state index contributed by atoms with van der Waals surface area (Å²) in [4.78, 5) is 23.8. The molecule has 0 aliphatic heterocycles. The van der Waals surface area contributed by atoms with E-state index < -0.39 is 11.9 Å². The molecular formula is C20H25NO4. The molecule has 0 bridgehead atoms. The first-order valence-electron chi connectivity index (χ1n) is 8.41. The zero-order valence-electron chi connectivity index (χ0n) is 15.2. The Kier molecular flexibility index (Phi) is 6.39. The van der Waals surface area contributed by atoms with Crippen LogP contribution in [-0.4, -0.2) is 32.1 Å². The molecule has 0 unspecified atom stereocenters. The highest BCUT2D eigenvalue weighted by molar-refractivity contribution is 5.87. The third kappa shape index (κ3) is 5.21. The van der Waals surface area contributed by atoms with E-state index in [2.05, 4.69) is 5.32 Å². The van der Waals surface area contributed by atoms with Crippen LogP contribution in [0.4, 0.5) is 0 Å². The molecule has 1 atom stereocenters. The van der Waals surface area contributed by atoms with Gasteiger partial charge in [0.25, 0.3) is 5.91 Å². The Labute approximate surface area is 148 Å². The molecule has 1 N–H and O–H groups in total. The van der Waals surface area contributed by atoms with Crippen LogP contribution in [-0.2, 0) is 14.3 Å². The number of ether oxygens (including phenoxy) is 2. The zero-order chi connectivity index (χ0) is 18.4. The van der Waals surface area contributed by atoms with E-state index >= 15 is 0 Å². The lowest BCUT2D eigenvalue weighted by atomic mass is 9.98. The Morgan fingerprint density at radius 2 is 1.72 bits per heavy atom. The summed E-state index contributed by atoms with van der Waals surface area (Å²) in [5, 5.41) is 4.78. The van der Waals surface area contributed by atoms with E-state index in [1.165, 1.54) is 0 Å². The molecule has 2 aromatic rings. The number of nitrogens with one attached hydrogen (secondary N) is 1. The third-order valence-corrected chi connectivity index (χ3v) is 3.98. The Balaban J connectivity index is 1.99. The topological polar surface area (TPSA) is 64.6 Å². The number of rotatable bonds is 7. The van der Waals surface area contributed by atoms with Crippen LogP contribution in [0.1, 0.15) is 32.3 Å². The van der Waals surface area contributed by atoms with E-state index in [9.17, 15) is 9.59 Å². The number of esters is 1. The lowest BCUT2D eigenvalue weighted by Gasteiger charge is -2.13. The van der Waals surface area contributed by atoms with Gasteiger partial charge in [0, 0.05) is 6.54 Å². The van der Waals surface area contributed by atoms with Gasteiger partial charge in [-0.1, -0.05) is 38.1 Å². The zero-order valence-corrected chi connectivity index (χ0v) is 15.2. The molecule has 5 nitrogen and oxygen atoms in total. The molecule has 1 amide bonds. The summed E-state index contributed by atoms with van der Waals surface area (Å²) in [7, 11) is 1.63. The monoisotopic (exact) mass is 343 g/mol. The maximum atomic E-state index is 12.2.